The van der Waals surface area contributed by atoms with Crippen molar-refractivity contribution < 1.29 is 9.53 Å². The van der Waals surface area contributed by atoms with Crippen molar-refractivity contribution in [3.05, 3.63) is 77.5 Å². The van der Waals surface area contributed by atoms with Crippen LogP contribution in [0.3, 0.4) is 0 Å². The summed E-state index contributed by atoms with van der Waals surface area (Å²) in [5, 5.41) is 12.3. The number of likely N-dealkylation sites (tertiary alicyclic amines) is 1. The highest BCUT2D eigenvalue weighted by atomic mass is 16.5. The van der Waals surface area contributed by atoms with Gasteiger partial charge in [0.15, 0.2) is 0 Å². The molecule has 5 heteroatoms. The first-order chi connectivity index (χ1) is 14.7. The van der Waals surface area contributed by atoms with Crippen molar-refractivity contribution in [2.24, 2.45) is 5.92 Å². The van der Waals surface area contributed by atoms with E-state index >= 15 is 0 Å². The summed E-state index contributed by atoms with van der Waals surface area (Å²) in [5.41, 5.74) is 2.66. The number of hydrogen-bond acceptors (Lipinski definition) is 4. The molecular weight excluding hydrogens is 374 g/mol. The number of rotatable bonds is 8. The fourth-order valence-electron chi connectivity index (χ4n) is 3.76. The number of methoxy groups -OCH3 is 1. The summed E-state index contributed by atoms with van der Waals surface area (Å²) in [6, 6.07) is 20.4. The van der Waals surface area contributed by atoms with Crippen molar-refractivity contribution >= 4 is 5.91 Å². The predicted octanol–water partition coefficient (Wildman–Crippen LogP) is 3.72. The van der Waals surface area contributed by atoms with Gasteiger partial charge in [-0.1, -0.05) is 42.5 Å². The molecule has 1 heterocycles. The van der Waals surface area contributed by atoms with Crippen LogP contribution in [-0.4, -0.2) is 37.6 Å². The lowest BCUT2D eigenvalue weighted by atomic mass is 9.90. The Balaban J connectivity index is 1.44. The second-order valence-corrected chi connectivity index (χ2v) is 7.68. The van der Waals surface area contributed by atoms with E-state index in [1.165, 1.54) is 5.56 Å². The van der Waals surface area contributed by atoms with Gasteiger partial charge in [0.2, 0.25) is 0 Å². The summed E-state index contributed by atoms with van der Waals surface area (Å²) in [7, 11) is 1.64. The van der Waals surface area contributed by atoms with Gasteiger partial charge in [-0.15, -0.1) is 0 Å². The van der Waals surface area contributed by atoms with Gasteiger partial charge in [0.1, 0.15) is 17.4 Å². The highest BCUT2D eigenvalue weighted by Crippen LogP contribution is 2.22. The van der Waals surface area contributed by atoms with Gasteiger partial charge >= 0.3 is 0 Å². The maximum Gasteiger partial charge on any atom is 0.263 e. The summed E-state index contributed by atoms with van der Waals surface area (Å²) in [4.78, 5) is 14.5. The quantitative estimate of drug-likeness (QED) is 0.539. The highest BCUT2D eigenvalue weighted by Gasteiger charge is 2.19. The van der Waals surface area contributed by atoms with E-state index in [0.717, 1.165) is 43.7 Å². The summed E-state index contributed by atoms with van der Waals surface area (Å²) in [5.74, 6) is 1.16. The molecular formula is C25H29N3O2. The molecule has 1 aliphatic heterocycles. The normalized spacial score (nSPS) is 14.8. The Morgan fingerprint density at radius 3 is 2.47 bits per heavy atom. The van der Waals surface area contributed by atoms with E-state index in [4.69, 9.17) is 4.74 Å². The largest absolute Gasteiger partial charge is 0.497 e. The van der Waals surface area contributed by atoms with Crippen LogP contribution in [0.15, 0.2) is 66.4 Å². The van der Waals surface area contributed by atoms with Crippen LogP contribution >= 0.6 is 0 Å². The Kier molecular flexibility index (Phi) is 7.91. The van der Waals surface area contributed by atoms with Crippen LogP contribution < -0.4 is 10.1 Å². The standard InChI is InChI=1S/C25H29N3O2/c1-30-24-9-7-20(8-10-24)11-14-27-25(29)23(18-26)19-28-15-12-22(13-16-28)17-21-5-3-2-4-6-21/h2-10,19,22H,11-17H2,1H3,(H,27,29)/b23-19-. The van der Waals surface area contributed by atoms with E-state index in [0.29, 0.717) is 18.9 Å². The Morgan fingerprint density at radius 2 is 1.83 bits per heavy atom. The second-order valence-electron chi connectivity index (χ2n) is 7.68. The summed E-state index contributed by atoms with van der Waals surface area (Å²) < 4.78 is 5.15. The van der Waals surface area contributed by atoms with Crippen LogP contribution in [0.1, 0.15) is 24.0 Å². The Hall–Kier alpha value is -3.26. The summed E-state index contributed by atoms with van der Waals surface area (Å²) >= 11 is 0. The number of carbonyl (C=O) groups is 1. The van der Waals surface area contributed by atoms with Gasteiger partial charge < -0.3 is 15.0 Å². The van der Waals surface area contributed by atoms with Gasteiger partial charge in [-0.2, -0.15) is 5.26 Å². The average molecular weight is 404 g/mol. The van der Waals surface area contributed by atoms with Crippen molar-refractivity contribution in [3.63, 3.8) is 0 Å². The lowest BCUT2D eigenvalue weighted by Crippen LogP contribution is -2.33. The number of hydrogen-bond donors (Lipinski definition) is 1. The van der Waals surface area contributed by atoms with Crippen LogP contribution in [-0.2, 0) is 17.6 Å². The Bertz CT molecular complexity index is 877. The first-order valence-electron chi connectivity index (χ1n) is 10.5. The van der Waals surface area contributed by atoms with E-state index in [2.05, 4.69) is 40.6 Å². The molecule has 0 atom stereocenters. The molecule has 0 aliphatic carbocycles. The molecule has 0 aromatic heterocycles. The lowest BCUT2D eigenvalue weighted by Gasteiger charge is -2.31. The third kappa shape index (κ3) is 6.38. The number of benzene rings is 2. The molecule has 0 bridgehead atoms. The van der Waals surface area contributed by atoms with Crippen LogP contribution in [0, 0.1) is 17.2 Å². The maximum atomic E-state index is 12.4. The molecule has 2 aromatic rings. The smallest absolute Gasteiger partial charge is 0.263 e. The Labute approximate surface area is 179 Å². The molecule has 0 radical (unpaired) electrons. The van der Waals surface area contributed by atoms with E-state index in [9.17, 15) is 10.1 Å². The molecule has 156 valence electrons. The van der Waals surface area contributed by atoms with Gasteiger partial charge in [-0.3, -0.25) is 4.79 Å². The monoisotopic (exact) mass is 403 g/mol. The molecule has 5 nitrogen and oxygen atoms in total. The third-order valence-electron chi connectivity index (χ3n) is 5.55. The number of nitrogens with one attached hydrogen (secondary N) is 1. The van der Waals surface area contributed by atoms with Crippen LogP contribution in [0.4, 0.5) is 0 Å². The zero-order chi connectivity index (χ0) is 21.2. The molecule has 30 heavy (non-hydrogen) atoms. The number of piperidine rings is 1. The lowest BCUT2D eigenvalue weighted by molar-refractivity contribution is -0.117. The van der Waals surface area contributed by atoms with Crippen LogP contribution in [0.2, 0.25) is 0 Å². The number of nitriles is 1. The zero-order valence-electron chi connectivity index (χ0n) is 17.5. The van der Waals surface area contributed by atoms with Crippen LogP contribution in [0.5, 0.6) is 5.75 Å². The minimum Gasteiger partial charge on any atom is -0.497 e. The van der Waals surface area contributed by atoms with Crippen molar-refractivity contribution in [2.45, 2.75) is 25.7 Å². The number of carbonyl (C=O) groups excluding carboxylic acids is 1. The van der Waals surface area contributed by atoms with Crippen molar-refractivity contribution in [2.75, 3.05) is 26.7 Å². The van der Waals surface area contributed by atoms with Gasteiger partial charge in [0.05, 0.1) is 7.11 Å². The first-order valence-corrected chi connectivity index (χ1v) is 10.5. The third-order valence-corrected chi connectivity index (χ3v) is 5.55. The second kappa shape index (κ2) is 11.1. The number of ether oxygens (including phenoxy) is 1. The molecule has 1 saturated heterocycles. The molecule has 0 spiro atoms. The topological polar surface area (TPSA) is 65.4 Å². The minimum atomic E-state index is -0.308. The molecule has 0 saturated carbocycles. The van der Waals surface area contributed by atoms with Crippen LogP contribution in [0.25, 0.3) is 0 Å². The van der Waals surface area contributed by atoms with E-state index < -0.39 is 0 Å². The molecule has 1 amide bonds. The summed E-state index contributed by atoms with van der Waals surface area (Å²) in [6.07, 6.45) is 5.67. The average Bonchev–Trinajstić information content (AvgIpc) is 2.79. The van der Waals surface area contributed by atoms with Gasteiger partial charge in [0.25, 0.3) is 5.91 Å². The van der Waals surface area contributed by atoms with E-state index in [1.807, 2.05) is 30.3 Å². The van der Waals surface area contributed by atoms with Crippen molar-refractivity contribution in [1.29, 1.82) is 5.26 Å². The first kappa shape index (κ1) is 21.4. The maximum absolute atomic E-state index is 12.4. The van der Waals surface area contributed by atoms with Gasteiger partial charge in [-0.05, 0) is 54.9 Å². The van der Waals surface area contributed by atoms with Crippen molar-refractivity contribution in [1.82, 2.24) is 10.2 Å². The van der Waals surface area contributed by atoms with Gasteiger partial charge in [-0.25, -0.2) is 0 Å². The molecule has 0 unspecified atom stereocenters. The molecule has 1 fully saturated rings. The highest BCUT2D eigenvalue weighted by molar-refractivity contribution is 5.97. The summed E-state index contributed by atoms with van der Waals surface area (Å²) in [6.45, 7) is 2.24. The number of nitrogens with zero attached hydrogens (tertiary/aromatic N) is 2. The minimum absolute atomic E-state index is 0.172. The SMILES string of the molecule is COc1ccc(CCNC(=O)/C(C#N)=C\N2CCC(Cc3ccccc3)CC2)cc1. The fraction of sp³-hybridized carbons (Fsp3) is 0.360. The molecule has 1 N–H and O–H groups in total. The van der Waals surface area contributed by atoms with E-state index in [-0.39, 0.29) is 11.5 Å². The Morgan fingerprint density at radius 1 is 1.13 bits per heavy atom. The van der Waals surface area contributed by atoms with E-state index in [1.54, 1.807) is 13.3 Å². The fourth-order valence-corrected chi connectivity index (χ4v) is 3.76. The van der Waals surface area contributed by atoms with Crippen molar-refractivity contribution in [3.8, 4) is 11.8 Å². The predicted molar refractivity (Wildman–Crippen MR) is 118 cm³/mol. The number of amides is 1. The molecule has 3 rings (SSSR count). The molecule has 2 aromatic carbocycles. The zero-order valence-corrected chi connectivity index (χ0v) is 17.5. The van der Waals surface area contributed by atoms with Gasteiger partial charge in [0, 0.05) is 25.8 Å². The molecule has 1 aliphatic rings.